The molecule has 1 heterocycles. The molecule has 5 N–H and O–H groups in total. The van der Waals surface area contributed by atoms with Crippen LogP contribution < -0.4 is 10.6 Å². The molecule has 1 aromatic rings. The maximum absolute atomic E-state index is 13.9. The average molecular weight is 255 g/mol. The highest BCUT2D eigenvalue weighted by molar-refractivity contribution is 5.97. The van der Waals surface area contributed by atoms with Crippen molar-refractivity contribution in [3.63, 3.8) is 0 Å². The molecular weight excluding hydrogens is 241 g/mol. The molecule has 1 aromatic carbocycles. The molecule has 0 aliphatic carbocycles. The first-order valence-corrected chi connectivity index (χ1v) is 5.41. The van der Waals surface area contributed by atoms with Gasteiger partial charge in [-0.05, 0) is 18.2 Å². The van der Waals surface area contributed by atoms with Crippen LogP contribution in [0.4, 0.5) is 10.1 Å². The van der Waals surface area contributed by atoms with E-state index >= 15 is 0 Å². The first-order chi connectivity index (χ1) is 8.52. The molecule has 98 valence electrons. The third-order valence-corrected chi connectivity index (χ3v) is 2.95. The molecule has 1 fully saturated rings. The summed E-state index contributed by atoms with van der Waals surface area (Å²) in [6.45, 7) is 0.335. The third kappa shape index (κ3) is 2.22. The number of halogens is 1. The first kappa shape index (κ1) is 12.6. The van der Waals surface area contributed by atoms with Gasteiger partial charge in [0, 0.05) is 18.7 Å². The van der Waals surface area contributed by atoms with Crippen LogP contribution in [-0.4, -0.2) is 46.6 Å². The number of β-amino-alcohol motifs (C(OH)–C–C–N with tert-alkyl or cyclic N) is 2. The van der Waals surface area contributed by atoms with Gasteiger partial charge in [-0.3, -0.25) is 0 Å². The fraction of sp³-hybridized carbons (Fsp3) is 0.364. The van der Waals surface area contributed by atoms with Gasteiger partial charge in [-0.2, -0.15) is 0 Å². The van der Waals surface area contributed by atoms with E-state index in [0.29, 0.717) is 0 Å². The Hall–Kier alpha value is -1.86. The summed E-state index contributed by atoms with van der Waals surface area (Å²) in [4.78, 5) is 1.54. The lowest BCUT2D eigenvalue weighted by Gasteiger charge is -2.18. The second-order valence-electron chi connectivity index (χ2n) is 4.19. The Morgan fingerprint density at radius 1 is 1.33 bits per heavy atom. The number of amidine groups is 1. The summed E-state index contributed by atoms with van der Waals surface area (Å²) >= 11 is 0. The molecule has 2 atom stereocenters. The maximum Gasteiger partial charge on any atom is 0.170 e. The van der Waals surface area contributed by atoms with Crippen molar-refractivity contribution in [1.29, 1.82) is 0 Å². The number of aliphatic hydroxyl groups excluding tert-OH is 2. The van der Waals surface area contributed by atoms with Gasteiger partial charge < -0.3 is 26.1 Å². The monoisotopic (exact) mass is 255 g/mol. The molecule has 7 heteroatoms. The number of nitrogens with two attached hydrogens (primary N) is 1. The van der Waals surface area contributed by atoms with Crippen molar-refractivity contribution < 1.29 is 19.8 Å². The van der Waals surface area contributed by atoms with Crippen molar-refractivity contribution >= 4 is 11.5 Å². The van der Waals surface area contributed by atoms with Crippen LogP contribution in [0.2, 0.25) is 0 Å². The normalized spacial score (nSPS) is 24.6. The summed E-state index contributed by atoms with van der Waals surface area (Å²) in [7, 11) is 0. The Labute approximate surface area is 103 Å². The number of anilines is 1. The first-order valence-electron chi connectivity index (χ1n) is 5.41. The van der Waals surface area contributed by atoms with Crippen LogP contribution in [0.3, 0.4) is 0 Å². The predicted octanol–water partition coefficient (Wildman–Crippen LogP) is -0.538. The summed E-state index contributed by atoms with van der Waals surface area (Å²) in [6, 6.07) is 4.11. The van der Waals surface area contributed by atoms with Crippen LogP contribution in [0.5, 0.6) is 0 Å². The molecule has 6 nitrogen and oxygen atoms in total. The van der Waals surface area contributed by atoms with Crippen LogP contribution >= 0.6 is 0 Å². The van der Waals surface area contributed by atoms with Gasteiger partial charge in [-0.1, -0.05) is 5.16 Å². The molecule has 2 rings (SSSR count). The van der Waals surface area contributed by atoms with Crippen LogP contribution in [0, 0.1) is 5.82 Å². The molecule has 0 radical (unpaired) electrons. The van der Waals surface area contributed by atoms with Gasteiger partial charge >= 0.3 is 0 Å². The Morgan fingerprint density at radius 3 is 2.44 bits per heavy atom. The smallest absolute Gasteiger partial charge is 0.170 e. The second kappa shape index (κ2) is 4.79. The van der Waals surface area contributed by atoms with Crippen LogP contribution in [-0.2, 0) is 0 Å². The van der Waals surface area contributed by atoms with E-state index in [0.717, 1.165) is 6.07 Å². The highest BCUT2D eigenvalue weighted by atomic mass is 19.1. The topological polar surface area (TPSA) is 102 Å². The highest BCUT2D eigenvalue weighted by Crippen LogP contribution is 2.24. The van der Waals surface area contributed by atoms with Gasteiger partial charge in [-0.15, -0.1) is 0 Å². The number of rotatable bonds is 2. The minimum atomic E-state index is -0.881. The van der Waals surface area contributed by atoms with Gasteiger partial charge in [0.2, 0.25) is 0 Å². The van der Waals surface area contributed by atoms with Crippen molar-refractivity contribution in [2.45, 2.75) is 12.2 Å². The van der Waals surface area contributed by atoms with Gasteiger partial charge in [0.15, 0.2) is 5.84 Å². The number of hydrogen-bond acceptors (Lipinski definition) is 5. The summed E-state index contributed by atoms with van der Waals surface area (Å²) in [5.74, 6) is -0.734. The van der Waals surface area contributed by atoms with Gasteiger partial charge in [0.25, 0.3) is 0 Å². The van der Waals surface area contributed by atoms with Gasteiger partial charge in [0.1, 0.15) is 5.82 Å². The van der Waals surface area contributed by atoms with E-state index < -0.39 is 18.0 Å². The van der Waals surface area contributed by atoms with Crippen molar-refractivity contribution in [3.8, 4) is 0 Å². The van der Waals surface area contributed by atoms with Crippen LogP contribution in [0.25, 0.3) is 0 Å². The predicted molar refractivity (Wildman–Crippen MR) is 63.1 cm³/mol. The van der Waals surface area contributed by atoms with E-state index in [1.54, 1.807) is 4.90 Å². The molecule has 2 unspecified atom stereocenters. The standard InChI is InChI=1S/C11H14FN3O3/c12-7-3-6(11(13)14-18)1-2-8(7)15-4-9(16)10(17)5-15/h1-3,9-10,16-18H,4-5H2,(H2,13,14). The second-order valence-corrected chi connectivity index (χ2v) is 4.19. The number of benzene rings is 1. The quantitative estimate of drug-likeness (QED) is 0.246. The third-order valence-electron chi connectivity index (χ3n) is 2.95. The van der Waals surface area contributed by atoms with Crippen molar-refractivity contribution in [3.05, 3.63) is 29.6 Å². The Bertz CT molecular complexity index is 471. The zero-order valence-electron chi connectivity index (χ0n) is 9.49. The van der Waals surface area contributed by atoms with E-state index in [4.69, 9.17) is 10.9 Å². The molecule has 1 saturated heterocycles. The number of hydrogen-bond donors (Lipinski definition) is 4. The van der Waals surface area contributed by atoms with E-state index in [-0.39, 0.29) is 30.2 Å². The van der Waals surface area contributed by atoms with Gasteiger partial charge in [0.05, 0.1) is 17.9 Å². The Balaban J connectivity index is 2.26. The summed E-state index contributed by atoms with van der Waals surface area (Å²) in [5.41, 5.74) is 5.88. The van der Waals surface area contributed by atoms with Crippen LogP contribution in [0.15, 0.2) is 23.4 Å². The number of nitrogens with zero attached hydrogens (tertiary/aromatic N) is 2. The lowest BCUT2D eigenvalue weighted by Crippen LogP contribution is -2.22. The summed E-state index contributed by atoms with van der Waals surface area (Å²) < 4.78 is 13.9. The summed E-state index contributed by atoms with van der Waals surface area (Å²) in [5, 5.41) is 30.1. The molecule has 1 aliphatic rings. The van der Waals surface area contributed by atoms with Gasteiger partial charge in [-0.25, -0.2) is 4.39 Å². The van der Waals surface area contributed by atoms with Crippen molar-refractivity contribution in [1.82, 2.24) is 0 Å². The van der Waals surface area contributed by atoms with E-state index in [1.807, 2.05) is 0 Å². The zero-order valence-corrected chi connectivity index (χ0v) is 9.49. The fourth-order valence-corrected chi connectivity index (χ4v) is 1.95. The van der Waals surface area contributed by atoms with E-state index in [2.05, 4.69) is 5.16 Å². The lowest BCUT2D eigenvalue weighted by atomic mass is 10.1. The summed E-state index contributed by atoms with van der Waals surface area (Å²) in [6.07, 6.45) is -1.76. The largest absolute Gasteiger partial charge is 0.409 e. The van der Waals surface area contributed by atoms with Crippen molar-refractivity contribution in [2.24, 2.45) is 10.9 Å². The fourth-order valence-electron chi connectivity index (χ4n) is 1.95. The average Bonchev–Trinajstić information content (AvgIpc) is 2.68. The Morgan fingerprint density at radius 2 is 1.94 bits per heavy atom. The molecular formula is C11H14FN3O3. The molecule has 0 aromatic heterocycles. The molecule has 0 saturated carbocycles. The number of oxime groups is 1. The lowest BCUT2D eigenvalue weighted by molar-refractivity contribution is 0.0572. The maximum atomic E-state index is 13.9. The van der Waals surface area contributed by atoms with Crippen LogP contribution in [0.1, 0.15) is 5.56 Å². The molecule has 0 spiro atoms. The molecule has 1 aliphatic heterocycles. The van der Waals surface area contributed by atoms with Crippen molar-refractivity contribution in [2.75, 3.05) is 18.0 Å². The molecule has 0 amide bonds. The number of aliphatic hydroxyl groups is 2. The SMILES string of the molecule is N/C(=N/O)c1ccc(N2CC(O)C(O)C2)c(F)c1. The molecule has 0 bridgehead atoms. The Kier molecular flexibility index (Phi) is 3.35. The van der Waals surface area contributed by atoms with E-state index in [9.17, 15) is 14.6 Å². The zero-order chi connectivity index (χ0) is 13.3. The minimum Gasteiger partial charge on any atom is -0.409 e. The highest BCUT2D eigenvalue weighted by Gasteiger charge is 2.30. The molecule has 18 heavy (non-hydrogen) atoms. The van der Waals surface area contributed by atoms with E-state index in [1.165, 1.54) is 12.1 Å². The minimum absolute atomic E-state index is 0.168.